The Morgan fingerprint density at radius 3 is 1.39 bits per heavy atom. The Morgan fingerprint density at radius 1 is 0.714 bits per heavy atom. The van der Waals surface area contributed by atoms with Gasteiger partial charge in [0.05, 0.1) is 11.1 Å². The zero-order valence-corrected chi connectivity index (χ0v) is 18.9. The highest BCUT2D eigenvalue weighted by molar-refractivity contribution is 8.27. The zero-order valence-electron chi connectivity index (χ0n) is 17.2. The van der Waals surface area contributed by atoms with Gasteiger partial charge in [-0.15, -0.1) is 0 Å². The van der Waals surface area contributed by atoms with E-state index in [1.807, 2.05) is 60.7 Å². The van der Waals surface area contributed by atoms with Gasteiger partial charge in [0.1, 0.15) is 33.3 Å². The number of unbranched alkanes of at least 4 members (excludes halogenated alkanes) is 2. The van der Waals surface area contributed by atoms with Crippen LogP contribution in [0.2, 0.25) is 0 Å². The second-order valence-electron chi connectivity index (χ2n) is 6.85. The second kappa shape index (κ2) is 12.1. The maximum absolute atomic E-state index is 13.3. The molecule has 0 fully saturated rings. The summed E-state index contributed by atoms with van der Waals surface area (Å²) in [5.41, 5.74) is 1.56. The summed E-state index contributed by atoms with van der Waals surface area (Å²) in [5, 5.41) is 0.438. The Balaban J connectivity index is 2.31. The summed E-state index contributed by atoms with van der Waals surface area (Å²) in [6.07, 6.45) is 4.17. The molecule has 0 aliphatic carbocycles. The number of rotatable bonds is 10. The molecule has 0 saturated carbocycles. The van der Waals surface area contributed by atoms with Crippen LogP contribution in [-0.2, 0) is 21.8 Å². The van der Waals surface area contributed by atoms with E-state index in [2.05, 4.69) is 20.8 Å². The fourth-order valence-electron chi connectivity index (χ4n) is 3.01. The monoisotopic (exact) mass is 416 g/mol. The normalized spacial score (nSPS) is 14.2. The minimum atomic E-state index is -0.440. The largest absolute Gasteiger partial charge is 0.366 e. The Hall–Kier alpha value is -1.52. The molecule has 2 aromatic carbocycles. The lowest BCUT2D eigenvalue weighted by Crippen LogP contribution is -2.40. The fraction of sp³-hybridized carbons (Fsp3) is 0.417. The molecule has 0 radical (unpaired) electrons. The maximum Gasteiger partial charge on any atom is 0.366 e. The molecular formula is C24H32O2S2+2. The number of carbonyl (C=O) groups is 2. The number of hydrogen-bond donors (Lipinski definition) is 0. The van der Waals surface area contributed by atoms with Gasteiger partial charge in [0.25, 0.3) is 4.58 Å². The van der Waals surface area contributed by atoms with Gasteiger partial charge in [0, 0.05) is 6.92 Å². The van der Waals surface area contributed by atoms with Crippen molar-refractivity contribution < 1.29 is 9.59 Å². The average molecular weight is 417 g/mol. The van der Waals surface area contributed by atoms with Crippen molar-refractivity contribution in [2.24, 2.45) is 0 Å². The van der Waals surface area contributed by atoms with Gasteiger partial charge in [0.2, 0.25) is 0 Å². The SMILES string of the molecule is CCCC[S+](C(=O)c1ccccc1)C(C)[S+](CCCC)C(=O)c1ccccc1. The molecule has 2 aromatic rings. The van der Waals surface area contributed by atoms with Crippen molar-refractivity contribution >= 4 is 32.0 Å². The van der Waals surface area contributed by atoms with Crippen LogP contribution in [0.4, 0.5) is 0 Å². The van der Waals surface area contributed by atoms with Crippen molar-refractivity contribution in [1.29, 1.82) is 0 Å². The van der Waals surface area contributed by atoms with Crippen molar-refractivity contribution in [2.45, 2.75) is 51.0 Å². The predicted molar refractivity (Wildman–Crippen MR) is 125 cm³/mol. The first-order valence-corrected chi connectivity index (χ1v) is 13.1. The Kier molecular flexibility index (Phi) is 9.86. The number of hydrogen-bond acceptors (Lipinski definition) is 2. The van der Waals surface area contributed by atoms with Gasteiger partial charge >= 0.3 is 10.2 Å². The summed E-state index contributed by atoms with van der Waals surface area (Å²) >= 11 is 0. The molecule has 0 saturated heterocycles. The lowest BCUT2D eigenvalue weighted by molar-refractivity contribution is 0.108. The molecular weight excluding hydrogens is 384 g/mol. The zero-order chi connectivity index (χ0) is 20.4. The number of benzene rings is 2. The van der Waals surface area contributed by atoms with E-state index in [1.165, 1.54) is 0 Å². The van der Waals surface area contributed by atoms with E-state index >= 15 is 0 Å². The van der Waals surface area contributed by atoms with Crippen LogP contribution in [0.1, 0.15) is 67.2 Å². The highest BCUT2D eigenvalue weighted by atomic mass is 32.3. The molecule has 0 aliphatic heterocycles. The molecule has 28 heavy (non-hydrogen) atoms. The standard InChI is InChI=1S/C24H32O2S2/c1-4-6-18-27(23(25)21-14-10-8-11-15-21)20(3)28(19-7-5-2)24(26)22-16-12-9-13-17-22/h8-17,20H,4-7,18-19H2,1-3H3/q+2. The van der Waals surface area contributed by atoms with Crippen molar-refractivity contribution in [2.75, 3.05) is 11.5 Å². The maximum atomic E-state index is 13.3. The van der Waals surface area contributed by atoms with Crippen molar-refractivity contribution in [3.05, 3.63) is 71.8 Å². The van der Waals surface area contributed by atoms with Crippen LogP contribution in [0.5, 0.6) is 0 Å². The third-order valence-electron chi connectivity index (χ3n) is 4.73. The molecule has 2 unspecified atom stereocenters. The molecule has 4 heteroatoms. The molecule has 0 aromatic heterocycles. The molecule has 0 amide bonds. The first-order chi connectivity index (χ1) is 13.6. The molecule has 150 valence electrons. The molecule has 0 heterocycles. The summed E-state index contributed by atoms with van der Waals surface area (Å²) < 4.78 is 0.0820. The summed E-state index contributed by atoms with van der Waals surface area (Å²) in [6, 6.07) is 19.2. The van der Waals surface area contributed by atoms with Crippen molar-refractivity contribution in [1.82, 2.24) is 0 Å². The topological polar surface area (TPSA) is 34.1 Å². The highest BCUT2D eigenvalue weighted by Gasteiger charge is 2.50. The Labute approximate surface area is 175 Å². The minimum Gasteiger partial charge on any atom is -0.231 e. The van der Waals surface area contributed by atoms with Crippen LogP contribution >= 0.6 is 0 Å². The summed E-state index contributed by atoms with van der Waals surface area (Å²) in [4.78, 5) is 26.7. The minimum absolute atomic E-state index is 0.0820. The quantitative estimate of drug-likeness (QED) is 0.455. The molecule has 0 aliphatic rings. The van der Waals surface area contributed by atoms with E-state index in [-0.39, 0.29) is 14.8 Å². The average Bonchev–Trinajstić information content (AvgIpc) is 2.75. The van der Waals surface area contributed by atoms with E-state index in [0.29, 0.717) is 0 Å². The third-order valence-corrected chi connectivity index (χ3v) is 10.6. The van der Waals surface area contributed by atoms with Gasteiger partial charge in [-0.2, -0.15) is 0 Å². The van der Waals surface area contributed by atoms with E-state index < -0.39 is 21.8 Å². The third kappa shape index (κ3) is 6.25. The van der Waals surface area contributed by atoms with Crippen LogP contribution in [-0.4, -0.2) is 26.3 Å². The van der Waals surface area contributed by atoms with Crippen LogP contribution in [0.15, 0.2) is 60.7 Å². The summed E-state index contributed by atoms with van der Waals surface area (Å²) in [6.45, 7) is 6.45. The van der Waals surface area contributed by atoms with E-state index in [9.17, 15) is 9.59 Å². The van der Waals surface area contributed by atoms with Gasteiger partial charge < -0.3 is 0 Å². The summed E-state index contributed by atoms with van der Waals surface area (Å²) in [5.74, 6) is 1.76. The van der Waals surface area contributed by atoms with Crippen LogP contribution in [0.25, 0.3) is 0 Å². The molecule has 2 nitrogen and oxygen atoms in total. The molecule has 0 spiro atoms. The van der Waals surface area contributed by atoms with Crippen LogP contribution < -0.4 is 0 Å². The number of carbonyl (C=O) groups excluding carboxylic acids is 2. The Bertz CT molecular complexity index is 667. The molecule has 0 bridgehead atoms. The van der Waals surface area contributed by atoms with Gasteiger partial charge in [-0.25, -0.2) is 9.59 Å². The van der Waals surface area contributed by atoms with Crippen LogP contribution in [0.3, 0.4) is 0 Å². The highest BCUT2D eigenvalue weighted by Crippen LogP contribution is 2.26. The Morgan fingerprint density at radius 2 is 1.07 bits per heavy atom. The molecule has 2 rings (SSSR count). The predicted octanol–water partition coefficient (Wildman–Crippen LogP) is 5.85. The molecule has 2 atom stereocenters. The van der Waals surface area contributed by atoms with Gasteiger partial charge in [-0.1, -0.05) is 63.1 Å². The van der Waals surface area contributed by atoms with Gasteiger partial charge in [-0.05, 0) is 37.1 Å². The summed E-state index contributed by atoms with van der Waals surface area (Å²) in [7, 11) is -0.880. The second-order valence-corrected chi connectivity index (χ2v) is 11.8. The first-order valence-electron chi connectivity index (χ1n) is 10.2. The van der Waals surface area contributed by atoms with E-state index in [0.717, 1.165) is 48.3 Å². The van der Waals surface area contributed by atoms with Crippen molar-refractivity contribution in [3.63, 3.8) is 0 Å². The smallest absolute Gasteiger partial charge is 0.231 e. The first kappa shape index (κ1) is 22.8. The fourth-order valence-corrected chi connectivity index (χ4v) is 8.95. The molecule has 0 N–H and O–H groups in total. The van der Waals surface area contributed by atoms with Crippen molar-refractivity contribution in [3.8, 4) is 0 Å². The van der Waals surface area contributed by atoms with E-state index in [1.54, 1.807) is 0 Å². The van der Waals surface area contributed by atoms with Gasteiger partial charge in [-0.3, -0.25) is 0 Å². The lowest BCUT2D eigenvalue weighted by atomic mass is 10.2. The lowest BCUT2D eigenvalue weighted by Gasteiger charge is -2.15. The van der Waals surface area contributed by atoms with E-state index in [4.69, 9.17) is 0 Å². The van der Waals surface area contributed by atoms with Gasteiger partial charge in [0.15, 0.2) is 0 Å². The van der Waals surface area contributed by atoms with Crippen LogP contribution in [0, 0.1) is 0 Å².